The molecule has 0 amide bonds. The Morgan fingerprint density at radius 3 is 2.39 bits per heavy atom. The van der Waals surface area contributed by atoms with E-state index in [1.807, 2.05) is 30.3 Å². The lowest BCUT2D eigenvalue weighted by Gasteiger charge is -2.04. The molecule has 6 heteroatoms. The number of hydrogen-bond acceptors (Lipinski definition) is 6. The van der Waals surface area contributed by atoms with Crippen molar-refractivity contribution in [2.45, 2.75) is 12.8 Å². The van der Waals surface area contributed by atoms with Gasteiger partial charge in [-0.15, -0.1) is 0 Å². The summed E-state index contributed by atoms with van der Waals surface area (Å²) in [4.78, 5) is 32.2. The van der Waals surface area contributed by atoms with E-state index in [9.17, 15) is 9.59 Å². The van der Waals surface area contributed by atoms with Gasteiger partial charge in [0.15, 0.2) is 5.76 Å². The SMILES string of the molecule is COC(=O)c1cc(-c2cnc(C(=O)CCc3ccc(-c4ccccc4)cc3)o2)ccn1. The molecule has 2 heterocycles. The van der Waals surface area contributed by atoms with Gasteiger partial charge in [-0.25, -0.2) is 14.8 Å². The molecule has 4 aromatic rings. The summed E-state index contributed by atoms with van der Waals surface area (Å²) in [6.07, 6.45) is 3.82. The average molecular weight is 412 g/mol. The Kier molecular flexibility index (Phi) is 5.98. The monoisotopic (exact) mass is 412 g/mol. The molecule has 0 bridgehead atoms. The zero-order valence-electron chi connectivity index (χ0n) is 16.9. The quantitative estimate of drug-likeness (QED) is 0.314. The Hall–Kier alpha value is -4.06. The molecule has 154 valence electrons. The largest absolute Gasteiger partial charge is 0.464 e. The first-order chi connectivity index (χ1) is 15.1. The number of carbonyl (C=O) groups is 2. The van der Waals surface area contributed by atoms with Crippen molar-refractivity contribution in [3.05, 3.63) is 96.3 Å². The third-order valence-corrected chi connectivity index (χ3v) is 4.89. The van der Waals surface area contributed by atoms with Crippen LogP contribution in [0.25, 0.3) is 22.5 Å². The molecule has 0 aliphatic rings. The predicted molar refractivity (Wildman–Crippen MR) is 116 cm³/mol. The lowest BCUT2D eigenvalue weighted by molar-refractivity contribution is 0.0594. The molecule has 2 aromatic carbocycles. The fourth-order valence-electron chi connectivity index (χ4n) is 3.20. The predicted octanol–water partition coefficient (Wildman–Crippen LogP) is 5.01. The zero-order chi connectivity index (χ0) is 21.6. The number of aromatic nitrogens is 2. The van der Waals surface area contributed by atoms with E-state index in [1.54, 1.807) is 6.07 Å². The van der Waals surface area contributed by atoms with Gasteiger partial charge in [0.2, 0.25) is 5.78 Å². The fraction of sp³-hybridized carbons (Fsp3) is 0.120. The van der Waals surface area contributed by atoms with E-state index in [0.717, 1.165) is 16.7 Å². The van der Waals surface area contributed by atoms with Gasteiger partial charge in [-0.05, 0) is 35.2 Å². The van der Waals surface area contributed by atoms with Crippen LogP contribution in [0.2, 0.25) is 0 Å². The number of pyridine rings is 1. The van der Waals surface area contributed by atoms with Crippen LogP contribution >= 0.6 is 0 Å². The second-order valence-electron chi connectivity index (χ2n) is 6.94. The van der Waals surface area contributed by atoms with Crippen molar-refractivity contribution in [3.8, 4) is 22.5 Å². The van der Waals surface area contributed by atoms with E-state index in [4.69, 9.17) is 4.42 Å². The topological polar surface area (TPSA) is 82.3 Å². The number of nitrogens with zero attached hydrogens (tertiary/aromatic N) is 2. The summed E-state index contributed by atoms with van der Waals surface area (Å²) in [5.41, 5.74) is 4.11. The first-order valence-electron chi connectivity index (χ1n) is 9.82. The maximum absolute atomic E-state index is 12.5. The Labute approximate surface area is 179 Å². The van der Waals surface area contributed by atoms with Crippen molar-refractivity contribution in [1.29, 1.82) is 0 Å². The Bertz CT molecular complexity index is 1200. The van der Waals surface area contributed by atoms with Crippen LogP contribution in [0.5, 0.6) is 0 Å². The van der Waals surface area contributed by atoms with Crippen molar-refractivity contribution in [2.24, 2.45) is 0 Å². The maximum Gasteiger partial charge on any atom is 0.356 e. The van der Waals surface area contributed by atoms with E-state index < -0.39 is 5.97 Å². The number of oxazole rings is 1. The molecule has 0 spiro atoms. The van der Waals surface area contributed by atoms with Crippen LogP contribution in [0.1, 0.15) is 33.2 Å². The van der Waals surface area contributed by atoms with Gasteiger partial charge in [-0.3, -0.25) is 4.79 Å². The molecule has 0 aliphatic carbocycles. The molecule has 0 unspecified atom stereocenters. The van der Waals surface area contributed by atoms with E-state index in [1.165, 1.54) is 25.6 Å². The molecule has 0 aliphatic heterocycles. The molecule has 0 radical (unpaired) electrons. The van der Waals surface area contributed by atoms with E-state index in [-0.39, 0.29) is 23.8 Å². The highest BCUT2D eigenvalue weighted by Gasteiger charge is 2.16. The van der Waals surface area contributed by atoms with Gasteiger partial charge in [0.05, 0.1) is 13.3 Å². The van der Waals surface area contributed by atoms with Gasteiger partial charge in [0, 0.05) is 18.2 Å². The van der Waals surface area contributed by atoms with Gasteiger partial charge in [-0.1, -0.05) is 54.6 Å². The highest BCUT2D eigenvalue weighted by atomic mass is 16.5. The number of aryl methyl sites for hydroxylation is 1. The minimum absolute atomic E-state index is 0.0485. The summed E-state index contributed by atoms with van der Waals surface area (Å²) in [7, 11) is 1.29. The molecule has 6 nitrogen and oxygen atoms in total. The Morgan fingerprint density at radius 1 is 0.903 bits per heavy atom. The summed E-state index contributed by atoms with van der Waals surface area (Å²) < 4.78 is 10.3. The second kappa shape index (κ2) is 9.17. The first-order valence-corrected chi connectivity index (χ1v) is 9.82. The lowest BCUT2D eigenvalue weighted by atomic mass is 10.0. The van der Waals surface area contributed by atoms with Gasteiger partial charge in [0.25, 0.3) is 5.89 Å². The number of ketones is 1. The van der Waals surface area contributed by atoms with Crippen molar-refractivity contribution in [1.82, 2.24) is 9.97 Å². The summed E-state index contributed by atoms with van der Waals surface area (Å²) in [6.45, 7) is 0. The maximum atomic E-state index is 12.5. The minimum atomic E-state index is -0.545. The van der Waals surface area contributed by atoms with Gasteiger partial charge < -0.3 is 9.15 Å². The number of carbonyl (C=O) groups excluding carboxylic acids is 2. The van der Waals surface area contributed by atoms with Crippen molar-refractivity contribution in [2.75, 3.05) is 7.11 Å². The highest BCUT2D eigenvalue weighted by Crippen LogP contribution is 2.23. The summed E-state index contributed by atoms with van der Waals surface area (Å²) in [5.74, 6) is -0.285. The van der Waals surface area contributed by atoms with Crippen molar-refractivity contribution >= 4 is 11.8 Å². The third kappa shape index (κ3) is 4.75. The van der Waals surface area contributed by atoms with E-state index >= 15 is 0 Å². The van der Waals surface area contributed by atoms with Crippen molar-refractivity contribution in [3.63, 3.8) is 0 Å². The minimum Gasteiger partial charge on any atom is -0.464 e. The average Bonchev–Trinajstić information content (AvgIpc) is 3.33. The Balaban J connectivity index is 1.40. The number of hydrogen-bond donors (Lipinski definition) is 0. The van der Waals surface area contributed by atoms with Gasteiger partial charge in [0.1, 0.15) is 5.69 Å². The van der Waals surface area contributed by atoms with Gasteiger partial charge in [-0.2, -0.15) is 0 Å². The molecule has 2 aromatic heterocycles. The summed E-state index contributed by atoms with van der Waals surface area (Å²) in [5, 5.41) is 0. The van der Waals surface area contributed by atoms with E-state index in [2.05, 4.69) is 39.0 Å². The summed E-state index contributed by atoms with van der Waals surface area (Å²) >= 11 is 0. The van der Waals surface area contributed by atoms with Crippen LogP contribution in [-0.2, 0) is 11.2 Å². The normalized spacial score (nSPS) is 10.6. The molecule has 0 fully saturated rings. The number of methoxy groups -OCH3 is 1. The number of ether oxygens (including phenoxy) is 1. The second-order valence-corrected chi connectivity index (χ2v) is 6.94. The molecule has 0 atom stereocenters. The van der Waals surface area contributed by atoms with Crippen LogP contribution in [0.4, 0.5) is 0 Å². The third-order valence-electron chi connectivity index (χ3n) is 4.89. The fourth-order valence-corrected chi connectivity index (χ4v) is 3.20. The van der Waals surface area contributed by atoms with E-state index in [0.29, 0.717) is 17.7 Å². The molecule has 31 heavy (non-hydrogen) atoms. The number of benzene rings is 2. The van der Waals surface area contributed by atoms with Crippen molar-refractivity contribution < 1.29 is 18.7 Å². The molecule has 0 saturated carbocycles. The Morgan fingerprint density at radius 2 is 1.65 bits per heavy atom. The molecule has 4 rings (SSSR count). The number of rotatable bonds is 7. The number of esters is 1. The standard InChI is InChI=1S/C25H20N2O4/c1-30-25(29)21-15-20(13-14-26-21)23-16-27-24(31-23)22(28)12-9-17-7-10-19(11-8-17)18-5-3-2-4-6-18/h2-8,10-11,13-16H,9,12H2,1H3. The smallest absolute Gasteiger partial charge is 0.356 e. The summed E-state index contributed by atoms with van der Waals surface area (Å²) in [6, 6.07) is 21.5. The highest BCUT2D eigenvalue weighted by molar-refractivity contribution is 5.92. The zero-order valence-corrected chi connectivity index (χ0v) is 16.9. The van der Waals surface area contributed by atoms with Crippen LogP contribution < -0.4 is 0 Å². The van der Waals surface area contributed by atoms with Gasteiger partial charge >= 0.3 is 5.97 Å². The van der Waals surface area contributed by atoms with Crippen LogP contribution in [0.3, 0.4) is 0 Å². The number of Topliss-reactive ketones (excluding diaryl/α,β-unsaturated/α-hetero) is 1. The lowest BCUT2D eigenvalue weighted by Crippen LogP contribution is -2.03. The van der Waals surface area contributed by atoms with Crippen LogP contribution in [0, 0.1) is 0 Å². The molecular formula is C25H20N2O4. The molecule has 0 N–H and O–H groups in total. The van der Waals surface area contributed by atoms with Crippen LogP contribution in [-0.4, -0.2) is 28.8 Å². The molecular weight excluding hydrogens is 392 g/mol. The molecule has 0 saturated heterocycles. The van der Waals surface area contributed by atoms with Crippen LogP contribution in [0.15, 0.2) is 83.5 Å². The first kappa shape index (κ1) is 20.2.